The Morgan fingerprint density at radius 3 is 2.46 bits per heavy atom. The summed E-state index contributed by atoms with van der Waals surface area (Å²) < 4.78 is 2.34. The zero-order valence-corrected chi connectivity index (χ0v) is 24.8. The van der Waals surface area contributed by atoms with Gasteiger partial charge in [-0.3, -0.25) is 10.7 Å². The van der Waals surface area contributed by atoms with Crippen molar-refractivity contribution in [2.75, 3.05) is 16.8 Å². The predicted octanol–water partition coefficient (Wildman–Crippen LogP) is 5.86. The molecule has 2 saturated carbocycles. The minimum Gasteiger partial charge on any atom is -0.465 e. The van der Waals surface area contributed by atoms with E-state index in [4.69, 9.17) is 21.8 Å². The van der Waals surface area contributed by atoms with Gasteiger partial charge in [0, 0.05) is 31.1 Å². The highest BCUT2D eigenvalue weighted by molar-refractivity contribution is 6.03. The average molecular weight is 563 g/mol. The Morgan fingerprint density at radius 2 is 1.83 bits per heavy atom. The molecule has 2 aromatic rings. The van der Waals surface area contributed by atoms with Gasteiger partial charge >= 0.3 is 6.09 Å². The summed E-state index contributed by atoms with van der Waals surface area (Å²) in [7, 11) is 0. The second-order valence-corrected chi connectivity index (χ2v) is 12.9. The van der Waals surface area contributed by atoms with E-state index in [0.29, 0.717) is 41.2 Å². The van der Waals surface area contributed by atoms with Crippen molar-refractivity contribution in [1.82, 2.24) is 24.8 Å². The lowest BCUT2D eigenvalue weighted by atomic mass is 9.80. The number of amidine groups is 1. The van der Waals surface area contributed by atoms with Crippen LogP contribution in [0.1, 0.15) is 97.2 Å². The number of fused-ring (bicyclic) bond motifs is 1. The first-order valence-corrected chi connectivity index (χ1v) is 15.6. The highest BCUT2D eigenvalue weighted by Gasteiger charge is 2.32. The number of piperidine rings is 1. The summed E-state index contributed by atoms with van der Waals surface area (Å²) in [5, 5.41) is 23.4. The van der Waals surface area contributed by atoms with Crippen LogP contribution in [0, 0.1) is 41.4 Å². The molecule has 1 saturated heterocycles. The zero-order valence-electron chi connectivity index (χ0n) is 24.8. The number of carbonyl (C=O) groups is 1. The minimum absolute atomic E-state index is 0.0336. The summed E-state index contributed by atoms with van der Waals surface area (Å²) in [6.45, 7) is 8.51. The molecule has 10 nitrogen and oxygen atoms in total. The number of anilines is 2. The number of nitrogens with one attached hydrogen (secondary N) is 3. The number of hydrogen-bond donors (Lipinski definition) is 4. The highest BCUT2D eigenvalue weighted by Crippen LogP contribution is 2.37. The van der Waals surface area contributed by atoms with Gasteiger partial charge < -0.3 is 19.9 Å². The Kier molecular flexibility index (Phi) is 9.00. The van der Waals surface area contributed by atoms with Gasteiger partial charge in [-0.25, -0.2) is 14.8 Å². The van der Waals surface area contributed by atoms with Crippen LogP contribution in [0.25, 0.3) is 11.2 Å². The Bertz CT molecular complexity index is 1290. The predicted molar refractivity (Wildman–Crippen MR) is 162 cm³/mol. The number of terminal acetylenes is 1. The Balaban J connectivity index is 1.61. The van der Waals surface area contributed by atoms with E-state index in [9.17, 15) is 9.90 Å². The van der Waals surface area contributed by atoms with Crippen LogP contribution in [-0.2, 0) is 6.54 Å². The fourth-order valence-electron chi connectivity index (χ4n) is 6.89. The van der Waals surface area contributed by atoms with Gasteiger partial charge in [-0.05, 0) is 88.9 Å². The van der Waals surface area contributed by atoms with Crippen molar-refractivity contribution in [2.24, 2.45) is 23.7 Å². The number of aromatic nitrogens is 4. The maximum absolute atomic E-state index is 11.3. The van der Waals surface area contributed by atoms with Gasteiger partial charge in [0.15, 0.2) is 23.1 Å². The molecule has 3 fully saturated rings. The minimum atomic E-state index is -1.31. The Morgan fingerprint density at radius 1 is 1.07 bits per heavy atom. The molecule has 0 spiro atoms. The van der Waals surface area contributed by atoms with Crippen molar-refractivity contribution in [3.63, 3.8) is 0 Å². The topological polar surface area (TPSA) is 132 Å². The number of imidazole rings is 1. The van der Waals surface area contributed by atoms with Crippen LogP contribution in [0.3, 0.4) is 0 Å². The second kappa shape index (κ2) is 12.7. The quantitative estimate of drug-likeness (QED) is 0.171. The molecule has 222 valence electrons. The van der Waals surface area contributed by atoms with E-state index in [1.807, 2.05) is 0 Å². The van der Waals surface area contributed by atoms with Crippen molar-refractivity contribution in [3.8, 4) is 12.3 Å². The third-order valence-corrected chi connectivity index (χ3v) is 9.41. The van der Waals surface area contributed by atoms with E-state index in [2.05, 4.69) is 51.8 Å². The lowest BCUT2D eigenvalue weighted by Crippen LogP contribution is -2.42. The van der Waals surface area contributed by atoms with Crippen molar-refractivity contribution in [2.45, 2.75) is 110 Å². The highest BCUT2D eigenvalue weighted by atomic mass is 16.4. The monoisotopic (exact) mass is 562 g/mol. The molecule has 3 aliphatic rings. The van der Waals surface area contributed by atoms with Gasteiger partial charge in [0.25, 0.3) is 0 Å². The fraction of sp³-hybridized carbons (Fsp3) is 0.710. The van der Waals surface area contributed by atoms with Crippen LogP contribution < -0.4 is 15.5 Å². The summed E-state index contributed by atoms with van der Waals surface area (Å²) in [6, 6.07) is 0.596. The fourth-order valence-corrected chi connectivity index (χ4v) is 6.89. The van der Waals surface area contributed by atoms with Crippen LogP contribution in [-0.4, -0.2) is 55.2 Å². The Labute approximate surface area is 243 Å². The molecule has 2 atom stereocenters. The molecule has 0 radical (unpaired) electrons. The van der Waals surface area contributed by atoms with E-state index < -0.39 is 6.09 Å². The van der Waals surface area contributed by atoms with Crippen molar-refractivity contribution in [3.05, 3.63) is 5.82 Å². The van der Waals surface area contributed by atoms with Gasteiger partial charge in [0.05, 0.1) is 0 Å². The zero-order chi connectivity index (χ0) is 29.1. The Hall–Kier alpha value is -3.35. The maximum Gasteiger partial charge on any atom is 0.410 e. The average Bonchev–Trinajstić information content (AvgIpc) is 3.25. The van der Waals surface area contributed by atoms with Crippen molar-refractivity contribution in [1.29, 1.82) is 5.41 Å². The van der Waals surface area contributed by atoms with Crippen LogP contribution in [0.4, 0.5) is 16.6 Å². The summed E-state index contributed by atoms with van der Waals surface area (Å²) in [5.74, 6) is 6.18. The first-order valence-electron chi connectivity index (χ1n) is 15.6. The molecule has 0 unspecified atom stereocenters. The van der Waals surface area contributed by atoms with Crippen LogP contribution in [0.15, 0.2) is 0 Å². The van der Waals surface area contributed by atoms with Gasteiger partial charge in [-0.2, -0.15) is 4.98 Å². The first-order chi connectivity index (χ1) is 19.7. The van der Waals surface area contributed by atoms with Gasteiger partial charge in [0.2, 0.25) is 5.95 Å². The van der Waals surface area contributed by atoms with E-state index in [0.717, 1.165) is 69.5 Å². The van der Waals surface area contributed by atoms with E-state index in [1.54, 1.807) is 0 Å². The lowest BCUT2D eigenvalue weighted by molar-refractivity contribution is 0.200. The number of nitrogens with zero attached hydrogens (tertiary/aromatic N) is 5. The largest absolute Gasteiger partial charge is 0.465 e. The molecule has 3 heterocycles. The van der Waals surface area contributed by atoms with Crippen LogP contribution >= 0.6 is 0 Å². The standard InChI is InChI=1S/C31H46N8O2/c1-5-21-12-14-22(15-13-21)18-39-25-27(33-20(4)23-9-8-10-23)35-29(26(32)34-31(40)41)36-28(25)37-30(39)38-16-7-6-11-24(38)17-19(2)3/h1,19-24H,6-18H2,2-4H3,(H2,32,34)(H,40,41)(H,33,35,36)/t20-,21?,22?,24+/m1/s1. The molecule has 4 N–H and O–H groups in total. The number of rotatable bonds is 9. The molecule has 2 aliphatic carbocycles. The molecule has 2 aromatic heterocycles. The van der Waals surface area contributed by atoms with Crippen LogP contribution in [0.2, 0.25) is 0 Å². The van der Waals surface area contributed by atoms with Crippen molar-refractivity contribution < 1.29 is 9.90 Å². The van der Waals surface area contributed by atoms with E-state index >= 15 is 0 Å². The summed E-state index contributed by atoms with van der Waals surface area (Å²) in [4.78, 5) is 28.4. The summed E-state index contributed by atoms with van der Waals surface area (Å²) >= 11 is 0. The number of carboxylic acid groups (broad SMARTS) is 1. The van der Waals surface area contributed by atoms with E-state index in [-0.39, 0.29) is 17.7 Å². The van der Waals surface area contributed by atoms with E-state index in [1.165, 1.54) is 25.7 Å². The van der Waals surface area contributed by atoms with Crippen molar-refractivity contribution >= 4 is 34.9 Å². The van der Waals surface area contributed by atoms with Crippen LogP contribution in [0.5, 0.6) is 0 Å². The molecule has 41 heavy (non-hydrogen) atoms. The molecule has 0 bridgehead atoms. The van der Waals surface area contributed by atoms with Gasteiger partial charge in [-0.1, -0.05) is 20.3 Å². The lowest BCUT2D eigenvalue weighted by Gasteiger charge is -2.38. The number of hydrogen-bond acceptors (Lipinski definition) is 7. The summed E-state index contributed by atoms with van der Waals surface area (Å²) in [6.07, 6.45) is 16.9. The SMILES string of the molecule is C#CC1CCC(Cn2c(N3CCCC[C@H]3CC(C)C)nc3nc(C(=N)NC(=O)O)nc(N[C@H](C)C4CCC4)c32)CC1. The summed E-state index contributed by atoms with van der Waals surface area (Å²) in [5.41, 5.74) is 1.36. The molecular formula is C31H46N8O2. The van der Waals surface area contributed by atoms with Gasteiger partial charge in [0.1, 0.15) is 5.52 Å². The molecule has 0 aromatic carbocycles. The third-order valence-electron chi connectivity index (χ3n) is 9.41. The molecule has 10 heteroatoms. The molecule has 1 amide bonds. The molecule has 1 aliphatic heterocycles. The number of amides is 1. The second-order valence-electron chi connectivity index (χ2n) is 12.9. The molecular weight excluding hydrogens is 516 g/mol. The maximum atomic E-state index is 11.3. The third kappa shape index (κ3) is 6.60. The first kappa shape index (κ1) is 29.2. The smallest absolute Gasteiger partial charge is 0.410 e. The molecule has 5 rings (SSSR count). The normalized spacial score (nSPS) is 24.1. The van der Waals surface area contributed by atoms with Gasteiger partial charge in [-0.15, -0.1) is 12.3 Å².